The van der Waals surface area contributed by atoms with Gasteiger partial charge in [-0.2, -0.15) is 0 Å². The number of esters is 1. The molecule has 0 aromatic heterocycles. The van der Waals surface area contributed by atoms with Gasteiger partial charge in [0.25, 0.3) is 5.91 Å². The monoisotopic (exact) mass is 370 g/mol. The van der Waals surface area contributed by atoms with Crippen LogP contribution >= 0.6 is 15.9 Å². The molecule has 0 saturated carbocycles. The van der Waals surface area contributed by atoms with Crippen molar-refractivity contribution in [3.8, 4) is 0 Å². The minimum Gasteiger partial charge on any atom is -0.466 e. The summed E-state index contributed by atoms with van der Waals surface area (Å²) >= 11 is 3.27. The van der Waals surface area contributed by atoms with Crippen LogP contribution in [-0.2, 0) is 14.3 Å². The highest BCUT2D eigenvalue weighted by Crippen LogP contribution is 2.13. The van der Waals surface area contributed by atoms with Gasteiger partial charge in [-0.1, -0.05) is 28.9 Å². The summed E-state index contributed by atoms with van der Waals surface area (Å²) in [5.74, 6) is -2.09. The molecule has 0 aliphatic heterocycles. The molecule has 0 unspecified atom stereocenters. The average Bonchev–Trinajstić information content (AvgIpc) is 2.46. The van der Waals surface area contributed by atoms with E-state index in [4.69, 9.17) is 10.5 Å². The summed E-state index contributed by atoms with van der Waals surface area (Å²) in [5.41, 5.74) is 5.69. The third-order valence-corrected chi connectivity index (χ3v) is 3.51. The van der Waals surface area contributed by atoms with Crippen molar-refractivity contribution in [2.75, 3.05) is 6.61 Å². The second-order valence-corrected chi connectivity index (χ2v) is 5.74. The molecule has 0 radical (unpaired) electrons. The number of primary amides is 1. The molecule has 0 bridgehead atoms. The van der Waals surface area contributed by atoms with E-state index in [0.717, 1.165) is 4.47 Å². The first-order chi connectivity index (χ1) is 10.3. The SMILES string of the molecule is CCOC(=O)[C@@H](C)C[C@H](NC(=O)c1cccc(Br)c1)C(N)=O. The van der Waals surface area contributed by atoms with Crippen molar-refractivity contribution in [2.45, 2.75) is 26.3 Å². The maximum Gasteiger partial charge on any atom is 0.308 e. The Kier molecular flexibility index (Phi) is 7.04. The van der Waals surface area contributed by atoms with Crippen molar-refractivity contribution in [3.63, 3.8) is 0 Å². The average molecular weight is 371 g/mol. The maximum atomic E-state index is 12.1. The Bertz CT molecular complexity index is 562. The second kappa shape index (κ2) is 8.53. The zero-order chi connectivity index (χ0) is 16.7. The van der Waals surface area contributed by atoms with Crippen molar-refractivity contribution >= 4 is 33.7 Å². The predicted molar refractivity (Wildman–Crippen MR) is 85.0 cm³/mol. The first kappa shape index (κ1) is 18.2. The van der Waals surface area contributed by atoms with Crippen molar-refractivity contribution in [1.82, 2.24) is 5.32 Å². The first-order valence-corrected chi connectivity index (χ1v) is 7.66. The van der Waals surface area contributed by atoms with Crippen LogP contribution < -0.4 is 11.1 Å². The molecule has 22 heavy (non-hydrogen) atoms. The highest BCUT2D eigenvalue weighted by Gasteiger charge is 2.25. The van der Waals surface area contributed by atoms with Crippen LogP contribution in [0.3, 0.4) is 0 Å². The number of ether oxygens (including phenoxy) is 1. The number of nitrogens with one attached hydrogen (secondary N) is 1. The van der Waals surface area contributed by atoms with Gasteiger partial charge in [-0.15, -0.1) is 0 Å². The van der Waals surface area contributed by atoms with E-state index in [9.17, 15) is 14.4 Å². The maximum absolute atomic E-state index is 12.1. The Morgan fingerprint density at radius 2 is 2.05 bits per heavy atom. The number of hydrogen-bond donors (Lipinski definition) is 2. The molecule has 1 aromatic rings. The number of carbonyl (C=O) groups is 3. The van der Waals surface area contributed by atoms with E-state index < -0.39 is 29.7 Å². The Hall–Kier alpha value is -1.89. The molecule has 0 fully saturated rings. The van der Waals surface area contributed by atoms with Crippen LogP contribution in [-0.4, -0.2) is 30.4 Å². The van der Waals surface area contributed by atoms with Crippen LogP contribution in [0.5, 0.6) is 0 Å². The number of carbonyl (C=O) groups excluding carboxylic acids is 3. The van der Waals surface area contributed by atoms with Gasteiger partial charge in [-0.3, -0.25) is 14.4 Å². The molecule has 0 heterocycles. The van der Waals surface area contributed by atoms with E-state index in [-0.39, 0.29) is 13.0 Å². The summed E-state index contributed by atoms with van der Waals surface area (Å²) in [7, 11) is 0. The lowest BCUT2D eigenvalue weighted by molar-refractivity contribution is -0.147. The smallest absolute Gasteiger partial charge is 0.308 e. The van der Waals surface area contributed by atoms with Crippen LogP contribution in [0.1, 0.15) is 30.6 Å². The van der Waals surface area contributed by atoms with Crippen LogP contribution in [0.25, 0.3) is 0 Å². The molecular formula is C15H19BrN2O4. The number of rotatable bonds is 7. The van der Waals surface area contributed by atoms with E-state index >= 15 is 0 Å². The summed E-state index contributed by atoms with van der Waals surface area (Å²) in [6.07, 6.45) is 0.0912. The summed E-state index contributed by atoms with van der Waals surface area (Å²) in [4.78, 5) is 35.2. The van der Waals surface area contributed by atoms with Crippen LogP contribution in [0.15, 0.2) is 28.7 Å². The first-order valence-electron chi connectivity index (χ1n) is 6.87. The van der Waals surface area contributed by atoms with Gasteiger partial charge < -0.3 is 15.8 Å². The van der Waals surface area contributed by atoms with Gasteiger partial charge in [-0.25, -0.2) is 0 Å². The van der Waals surface area contributed by atoms with Gasteiger partial charge >= 0.3 is 5.97 Å². The summed E-state index contributed by atoms with van der Waals surface area (Å²) in [5, 5.41) is 2.55. The van der Waals surface area contributed by atoms with E-state index in [1.807, 2.05) is 0 Å². The molecule has 1 aromatic carbocycles. The summed E-state index contributed by atoms with van der Waals surface area (Å²) in [6.45, 7) is 3.58. The topological polar surface area (TPSA) is 98.5 Å². The van der Waals surface area contributed by atoms with E-state index in [0.29, 0.717) is 5.56 Å². The summed E-state index contributed by atoms with van der Waals surface area (Å²) < 4.78 is 5.63. The van der Waals surface area contributed by atoms with Gasteiger partial charge in [0.15, 0.2) is 0 Å². The molecule has 2 atom stereocenters. The minimum absolute atomic E-state index is 0.0912. The fourth-order valence-corrected chi connectivity index (χ4v) is 2.25. The predicted octanol–water partition coefficient (Wildman–Crippen LogP) is 1.62. The Labute approximate surface area is 137 Å². The molecule has 7 heteroatoms. The molecular weight excluding hydrogens is 352 g/mol. The van der Waals surface area contributed by atoms with Crippen molar-refractivity contribution in [3.05, 3.63) is 34.3 Å². The highest BCUT2D eigenvalue weighted by atomic mass is 79.9. The molecule has 0 aliphatic rings. The van der Waals surface area contributed by atoms with Crippen LogP contribution in [0, 0.1) is 5.92 Å². The molecule has 0 aliphatic carbocycles. The van der Waals surface area contributed by atoms with E-state index in [1.54, 1.807) is 38.1 Å². The molecule has 120 valence electrons. The summed E-state index contributed by atoms with van der Waals surface area (Å²) in [6, 6.07) is 5.80. The minimum atomic E-state index is -0.939. The normalized spacial score (nSPS) is 13.0. The molecule has 0 saturated heterocycles. The zero-order valence-electron chi connectivity index (χ0n) is 12.5. The highest BCUT2D eigenvalue weighted by molar-refractivity contribution is 9.10. The van der Waals surface area contributed by atoms with Crippen molar-refractivity contribution < 1.29 is 19.1 Å². The molecule has 3 N–H and O–H groups in total. The van der Waals surface area contributed by atoms with Crippen molar-refractivity contribution in [2.24, 2.45) is 11.7 Å². The number of halogens is 1. The molecule has 6 nitrogen and oxygen atoms in total. The number of amides is 2. The van der Waals surface area contributed by atoms with Gasteiger partial charge in [0.2, 0.25) is 5.91 Å². The third-order valence-electron chi connectivity index (χ3n) is 3.01. The van der Waals surface area contributed by atoms with E-state index in [1.165, 1.54) is 0 Å². The molecule has 1 rings (SSSR count). The number of nitrogens with two attached hydrogens (primary N) is 1. The van der Waals surface area contributed by atoms with Gasteiger partial charge in [0, 0.05) is 10.0 Å². The Morgan fingerprint density at radius 1 is 1.36 bits per heavy atom. The lowest BCUT2D eigenvalue weighted by Crippen LogP contribution is -2.46. The Morgan fingerprint density at radius 3 is 2.59 bits per heavy atom. The fraction of sp³-hybridized carbons (Fsp3) is 0.400. The van der Waals surface area contributed by atoms with Crippen LogP contribution in [0.2, 0.25) is 0 Å². The van der Waals surface area contributed by atoms with Gasteiger partial charge in [-0.05, 0) is 31.5 Å². The number of hydrogen-bond acceptors (Lipinski definition) is 4. The lowest BCUT2D eigenvalue weighted by atomic mass is 10.0. The Balaban J connectivity index is 2.74. The van der Waals surface area contributed by atoms with Crippen LogP contribution in [0.4, 0.5) is 0 Å². The van der Waals surface area contributed by atoms with E-state index in [2.05, 4.69) is 21.2 Å². The molecule has 2 amide bonds. The standard InChI is InChI=1S/C15H19BrN2O4/c1-3-22-15(21)9(2)7-12(13(17)19)18-14(20)10-5-4-6-11(16)8-10/h4-6,8-9,12H,3,7H2,1-2H3,(H2,17,19)(H,18,20)/t9-,12-/m0/s1. The molecule has 0 spiro atoms. The quantitative estimate of drug-likeness (QED) is 0.712. The second-order valence-electron chi connectivity index (χ2n) is 4.83. The van der Waals surface area contributed by atoms with Crippen molar-refractivity contribution in [1.29, 1.82) is 0 Å². The third kappa shape index (κ3) is 5.48. The lowest BCUT2D eigenvalue weighted by Gasteiger charge is -2.19. The largest absolute Gasteiger partial charge is 0.466 e. The van der Waals surface area contributed by atoms with Gasteiger partial charge in [0.05, 0.1) is 12.5 Å². The van der Waals surface area contributed by atoms with Gasteiger partial charge in [0.1, 0.15) is 6.04 Å². The fourth-order valence-electron chi connectivity index (χ4n) is 1.85. The zero-order valence-corrected chi connectivity index (χ0v) is 14.1. The number of benzene rings is 1.